The standard InChI is InChI=1S/C15H15N3O4/c1-17-9-5-2-3-6-10(9)18(15(22)14(17)21)11-7-4-8-12(19)16-13(11)20/h2-3,5-6,11H,4,7-8H2,1H3,(H,16,19,20). The van der Waals surface area contributed by atoms with Crippen LogP contribution in [0.15, 0.2) is 33.9 Å². The molecular formula is C15H15N3O4. The second-order valence-corrected chi connectivity index (χ2v) is 5.35. The summed E-state index contributed by atoms with van der Waals surface area (Å²) in [5, 5.41) is 2.27. The molecule has 0 aliphatic carbocycles. The molecule has 1 aliphatic heterocycles. The Morgan fingerprint density at radius 1 is 1.05 bits per heavy atom. The zero-order valence-electron chi connectivity index (χ0n) is 12.0. The van der Waals surface area contributed by atoms with Gasteiger partial charge in [-0.25, -0.2) is 0 Å². The number of amides is 2. The van der Waals surface area contributed by atoms with Crippen molar-refractivity contribution in [2.75, 3.05) is 0 Å². The lowest BCUT2D eigenvalue weighted by atomic mass is 10.1. The van der Waals surface area contributed by atoms with Gasteiger partial charge in [0, 0.05) is 13.5 Å². The molecule has 3 rings (SSSR count). The number of fused-ring (bicyclic) bond motifs is 1. The molecule has 7 heteroatoms. The monoisotopic (exact) mass is 301 g/mol. The molecule has 1 unspecified atom stereocenters. The Bertz CT molecular complexity index is 894. The van der Waals surface area contributed by atoms with Gasteiger partial charge < -0.3 is 4.57 Å². The quantitative estimate of drug-likeness (QED) is 0.596. The van der Waals surface area contributed by atoms with E-state index in [1.165, 1.54) is 16.2 Å². The summed E-state index contributed by atoms with van der Waals surface area (Å²) < 4.78 is 2.49. The van der Waals surface area contributed by atoms with Crippen molar-refractivity contribution < 1.29 is 9.59 Å². The van der Waals surface area contributed by atoms with E-state index in [1.54, 1.807) is 24.3 Å². The van der Waals surface area contributed by atoms with Crippen LogP contribution in [-0.4, -0.2) is 20.9 Å². The minimum absolute atomic E-state index is 0.236. The second kappa shape index (κ2) is 5.25. The number of nitrogens with zero attached hydrogens (tertiary/aromatic N) is 2. The number of nitrogens with one attached hydrogen (secondary N) is 1. The van der Waals surface area contributed by atoms with Crippen LogP contribution in [0.4, 0.5) is 0 Å². The lowest BCUT2D eigenvalue weighted by Crippen LogP contribution is -2.45. The maximum atomic E-state index is 12.4. The first kappa shape index (κ1) is 14.2. The number of aryl methyl sites for hydroxylation is 1. The van der Waals surface area contributed by atoms with Crippen LogP contribution in [0.25, 0.3) is 11.0 Å². The normalized spacial score (nSPS) is 19.0. The first-order valence-corrected chi connectivity index (χ1v) is 7.04. The van der Waals surface area contributed by atoms with E-state index >= 15 is 0 Å². The molecule has 1 fully saturated rings. The molecule has 1 aromatic heterocycles. The number of carbonyl (C=O) groups excluding carboxylic acids is 2. The summed E-state index contributed by atoms with van der Waals surface area (Å²) in [6.45, 7) is 0. The van der Waals surface area contributed by atoms with Gasteiger partial charge in [-0.05, 0) is 25.0 Å². The summed E-state index contributed by atoms with van der Waals surface area (Å²) in [6, 6.07) is 6.05. The molecule has 2 amide bonds. The number of benzene rings is 1. The van der Waals surface area contributed by atoms with Gasteiger partial charge in [0.05, 0.1) is 11.0 Å². The topological polar surface area (TPSA) is 90.2 Å². The molecule has 22 heavy (non-hydrogen) atoms. The first-order valence-electron chi connectivity index (χ1n) is 7.04. The van der Waals surface area contributed by atoms with Crippen molar-refractivity contribution in [2.45, 2.75) is 25.3 Å². The van der Waals surface area contributed by atoms with E-state index in [0.29, 0.717) is 23.9 Å². The molecule has 0 radical (unpaired) electrons. The van der Waals surface area contributed by atoms with Crippen molar-refractivity contribution in [3.05, 3.63) is 45.0 Å². The highest BCUT2D eigenvalue weighted by Crippen LogP contribution is 2.21. The predicted molar refractivity (Wildman–Crippen MR) is 79.5 cm³/mol. The van der Waals surface area contributed by atoms with Crippen molar-refractivity contribution in [1.82, 2.24) is 14.5 Å². The first-order chi connectivity index (χ1) is 10.5. The van der Waals surface area contributed by atoms with Gasteiger partial charge in [-0.15, -0.1) is 0 Å². The fourth-order valence-electron chi connectivity index (χ4n) is 2.84. The third-order valence-electron chi connectivity index (χ3n) is 3.97. The van der Waals surface area contributed by atoms with Gasteiger partial charge >= 0.3 is 11.1 Å². The third-order valence-corrected chi connectivity index (χ3v) is 3.97. The van der Waals surface area contributed by atoms with Gasteiger partial charge in [-0.3, -0.25) is 29.1 Å². The Labute approximate surface area is 125 Å². The number of imide groups is 1. The summed E-state index contributed by atoms with van der Waals surface area (Å²) in [5.41, 5.74) is -0.377. The van der Waals surface area contributed by atoms with Gasteiger partial charge in [-0.2, -0.15) is 0 Å². The van der Waals surface area contributed by atoms with Crippen LogP contribution in [0.5, 0.6) is 0 Å². The van der Waals surface area contributed by atoms with Gasteiger partial charge in [-0.1, -0.05) is 12.1 Å². The molecule has 114 valence electrons. The van der Waals surface area contributed by atoms with Gasteiger partial charge in [0.1, 0.15) is 6.04 Å². The van der Waals surface area contributed by atoms with Crippen LogP contribution >= 0.6 is 0 Å². The molecule has 1 N–H and O–H groups in total. The highest BCUT2D eigenvalue weighted by atomic mass is 16.2. The van der Waals surface area contributed by atoms with Gasteiger partial charge in [0.15, 0.2) is 0 Å². The molecular weight excluding hydrogens is 286 g/mol. The number of hydrogen-bond donors (Lipinski definition) is 1. The summed E-state index contributed by atoms with van der Waals surface area (Å²) >= 11 is 0. The fraction of sp³-hybridized carbons (Fsp3) is 0.333. The largest absolute Gasteiger partial charge is 0.317 e. The molecule has 1 saturated heterocycles. The Morgan fingerprint density at radius 2 is 1.73 bits per heavy atom. The number of para-hydroxylation sites is 2. The molecule has 7 nitrogen and oxygen atoms in total. The van der Waals surface area contributed by atoms with Crippen molar-refractivity contribution in [2.24, 2.45) is 7.05 Å². The van der Waals surface area contributed by atoms with Crippen LogP contribution < -0.4 is 16.4 Å². The maximum absolute atomic E-state index is 12.4. The zero-order chi connectivity index (χ0) is 15.9. The van der Waals surface area contributed by atoms with E-state index in [-0.39, 0.29) is 12.3 Å². The van der Waals surface area contributed by atoms with Gasteiger partial charge in [0.25, 0.3) is 0 Å². The van der Waals surface area contributed by atoms with Crippen LogP contribution in [0.3, 0.4) is 0 Å². The van der Waals surface area contributed by atoms with E-state index in [1.807, 2.05) is 0 Å². The number of carbonyl (C=O) groups is 2. The average molecular weight is 301 g/mol. The molecule has 1 aromatic carbocycles. The van der Waals surface area contributed by atoms with E-state index in [0.717, 1.165) is 0 Å². The molecule has 0 saturated carbocycles. The lowest BCUT2D eigenvalue weighted by molar-refractivity contribution is -0.131. The molecule has 1 atom stereocenters. The average Bonchev–Trinajstić information content (AvgIpc) is 2.66. The van der Waals surface area contributed by atoms with Crippen LogP contribution in [-0.2, 0) is 16.6 Å². The minimum atomic E-state index is -0.849. The maximum Gasteiger partial charge on any atom is 0.317 e. The van der Waals surface area contributed by atoms with E-state index < -0.39 is 23.1 Å². The predicted octanol–water partition coefficient (Wildman–Crippen LogP) is 0.0680. The third kappa shape index (κ3) is 2.14. The molecule has 0 bridgehead atoms. The Hall–Kier alpha value is -2.70. The Balaban J connectivity index is 2.31. The summed E-state index contributed by atoms with van der Waals surface area (Å²) in [6.07, 6.45) is 1.06. The number of aromatic nitrogens is 2. The lowest BCUT2D eigenvalue weighted by Gasteiger charge is -2.19. The van der Waals surface area contributed by atoms with Gasteiger partial charge in [0.2, 0.25) is 11.8 Å². The summed E-state index contributed by atoms with van der Waals surface area (Å²) in [7, 11) is 1.52. The zero-order valence-corrected chi connectivity index (χ0v) is 12.0. The van der Waals surface area contributed by atoms with Crippen LogP contribution in [0.2, 0.25) is 0 Å². The SMILES string of the molecule is Cn1c(=O)c(=O)n(C2CCCC(=O)NC2=O)c2ccccc21. The number of hydrogen-bond acceptors (Lipinski definition) is 4. The molecule has 1 aliphatic rings. The summed E-state index contributed by atoms with van der Waals surface area (Å²) in [4.78, 5) is 48.2. The Morgan fingerprint density at radius 3 is 2.45 bits per heavy atom. The summed E-state index contributed by atoms with van der Waals surface area (Å²) in [5.74, 6) is -0.892. The highest BCUT2D eigenvalue weighted by Gasteiger charge is 2.28. The smallest absolute Gasteiger partial charge is 0.305 e. The van der Waals surface area contributed by atoms with Crippen molar-refractivity contribution >= 4 is 22.8 Å². The van der Waals surface area contributed by atoms with E-state index in [4.69, 9.17) is 0 Å². The Kier molecular flexibility index (Phi) is 3.40. The van der Waals surface area contributed by atoms with Crippen LogP contribution in [0.1, 0.15) is 25.3 Å². The van der Waals surface area contributed by atoms with Crippen molar-refractivity contribution in [1.29, 1.82) is 0 Å². The van der Waals surface area contributed by atoms with Crippen molar-refractivity contribution in [3.63, 3.8) is 0 Å². The minimum Gasteiger partial charge on any atom is -0.305 e. The number of rotatable bonds is 1. The highest BCUT2D eigenvalue weighted by molar-refractivity contribution is 5.98. The molecule has 2 aromatic rings. The second-order valence-electron chi connectivity index (χ2n) is 5.35. The molecule has 2 heterocycles. The molecule has 0 spiro atoms. The van der Waals surface area contributed by atoms with E-state index in [9.17, 15) is 19.2 Å². The van der Waals surface area contributed by atoms with Crippen molar-refractivity contribution in [3.8, 4) is 0 Å². The fourth-order valence-corrected chi connectivity index (χ4v) is 2.84. The van der Waals surface area contributed by atoms with E-state index in [2.05, 4.69) is 5.32 Å². The van der Waals surface area contributed by atoms with Crippen LogP contribution in [0, 0.1) is 0 Å².